The van der Waals surface area contributed by atoms with Crippen LogP contribution in [0.3, 0.4) is 0 Å². The number of aryl methyl sites for hydroxylation is 2. The molecule has 0 saturated carbocycles. The maximum atomic E-state index is 4.48. The molecule has 0 aromatic carbocycles. The molecular formula is C10H13N3. The van der Waals surface area contributed by atoms with Crippen LogP contribution >= 0.6 is 0 Å². The van der Waals surface area contributed by atoms with Crippen LogP contribution < -0.4 is 0 Å². The van der Waals surface area contributed by atoms with Gasteiger partial charge in [-0.15, -0.1) is 0 Å². The van der Waals surface area contributed by atoms with E-state index in [-0.39, 0.29) is 0 Å². The molecule has 2 heterocycles. The Morgan fingerprint density at radius 3 is 2.92 bits per heavy atom. The molecule has 2 aromatic heterocycles. The van der Waals surface area contributed by atoms with Gasteiger partial charge in [0.25, 0.3) is 0 Å². The molecule has 0 bridgehead atoms. The highest BCUT2D eigenvalue weighted by molar-refractivity contribution is 5.78. The van der Waals surface area contributed by atoms with Gasteiger partial charge >= 0.3 is 0 Å². The number of aromatic nitrogens is 3. The zero-order chi connectivity index (χ0) is 9.26. The molecule has 68 valence electrons. The van der Waals surface area contributed by atoms with Crippen LogP contribution in [-0.2, 0) is 13.0 Å². The lowest BCUT2D eigenvalue weighted by molar-refractivity contribution is 0.664. The number of pyridine rings is 1. The van der Waals surface area contributed by atoms with Gasteiger partial charge < -0.3 is 0 Å². The van der Waals surface area contributed by atoms with E-state index < -0.39 is 0 Å². The van der Waals surface area contributed by atoms with Gasteiger partial charge in [-0.3, -0.25) is 0 Å². The molecule has 2 rings (SSSR count). The summed E-state index contributed by atoms with van der Waals surface area (Å²) in [5, 5.41) is 5.67. The first kappa shape index (κ1) is 8.23. The summed E-state index contributed by atoms with van der Waals surface area (Å²) in [7, 11) is 0. The number of fused-ring (bicyclic) bond motifs is 1. The first-order valence-electron chi connectivity index (χ1n) is 4.67. The van der Waals surface area contributed by atoms with Crippen molar-refractivity contribution in [1.29, 1.82) is 0 Å². The molecule has 0 saturated heterocycles. The monoisotopic (exact) mass is 175 g/mol. The average Bonchev–Trinajstić information content (AvgIpc) is 2.56. The fraction of sp³-hybridized carbons (Fsp3) is 0.400. The van der Waals surface area contributed by atoms with E-state index in [4.69, 9.17) is 0 Å². The maximum Gasteiger partial charge on any atom is 0.157 e. The molecule has 0 aliphatic rings. The molecule has 0 amide bonds. The second-order valence-electron chi connectivity index (χ2n) is 2.99. The van der Waals surface area contributed by atoms with Crippen molar-refractivity contribution in [3.63, 3.8) is 0 Å². The summed E-state index contributed by atoms with van der Waals surface area (Å²) in [5.74, 6) is 0. The van der Waals surface area contributed by atoms with E-state index in [1.807, 2.05) is 16.9 Å². The lowest BCUT2D eigenvalue weighted by atomic mass is 10.2. The number of nitrogens with zero attached hydrogens (tertiary/aromatic N) is 3. The second-order valence-corrected chi connectivity index (χ2v) is 2.99. The Labute approximate surface area is 77.4 Å². The SMILES string of the molecule is CCc1nn(CC)c2ncccc12. The van der Waals surface area contributed by atoms with Gasteiger partial charge in [-0.1, -0.05) is 6.92 Å². The molecule has 0 unspecified atom stereocenters. The average molecular weight is 175 g/mol. The van der Waals surface area contributed by atoms with Crippen LogP contribution in [0.15, 0.2) is 18.3 Å². The van der Waals surface area contributed by atoms with Gasteiger partial charge in [-0.2, -0.15) is 5.10 Å². The third kappa shape index (κ3) is 1.20. The minimum atomic E-state index is 0.882. The van der Waals surface area contributed by atoms with Crippen LogP contribution in [0.4, 0.5) is 0 Å². The highest BCUT2D eigenvalue weighted by atomic mass is 15.3. The van der Waals surface area contributed by atoms with Gasteiger partial charge in [0.15, 0.2) is 5.65 Å². The van der Waals surface area contributed by atoms with Crippen molar-refractivity contribution in [2.24, 2.45) is 0 Å². The minimum Gasteiger partial charge on any atom is -0.247 e. The molecule has 0 atom stereocenters. The Bertz CT molecular complexity index is 379. The number of rotatable bonds is 2. The van der Waals surface area contributed by atoms with Crippen molar-refractivity contribution < 1.29 is 0 Å². The van der Waals surface area contributed by atoms with Crippen LogP contribution in [0.1, 0.15) is 19.5 Å². The van der Waals surface area contributed by atoms with Crippen molar-refractivity contribution >= 4 is 11.0 Å². The third-order valence-corrected chi connectivity index (χ3v) is 2.22. The Hall–Kier alpha value is -1.38. The van der Waals surface area contributed by atoms with Gasteiger partial charge in [-0.25, -0.2) is 9.67 Å². The Morgan fingerprint density at radius 1 is 1.38 bits per heavy atom. The predicted octanol–water partition coefficient (Wildman–Crippen LogP) is 2.01. The smallest absolute Gasteiger partial charge is 0.157 e. The van der Waals surface area contributed by atoms with Crippen LogP contribution in [0, 0.1) is 0 Å². The van der Waals surface area contributed by atoms with Gasteiger partial charge in [-0.05, 0) is 25.5 Å². The fourth-order valence-corrected chi connectivity index (χ4v) is 1.56. The van der Waals surface area contributed by atoms with Crippen molar-refractivity contribution in [3.05, 3.63) is 24.0 Å². The van der Waals surface area contributed by atoms with Gasteiger partial charge in [0.1, 0.15) is 0 Å². The predicted molar refractivity (Wildman–Crippen MR) is 52.6 cm³/mol. The summed E-state index contributed by atoms with van der Waals surface area (Å²) in [6.07, 6.45) is 2.78. The van der Waals surface area contributed by atoms with Crippen LogP contribution in [0.5, 0.6) is 0 Å². The maximum absolute atomic E-state index is 4.48. The highest BCUT2D eigenvalue weighted by Crippen LogP contribution is 2.15. The van der Waals surface area contributed by atoms with Crippen LogP contribution in [-0.4, -0.2) is 14.8 Å². The summed E-state index contributed by atoms with van der Waals surface area (Å²) < 4.78 is 1.95. The standard InChI is InChI=1S/C10H13N3/c1-3-9-8-6-5-7-11-10(8)13(4-2)12-9/h5-7H,3-4H2,1-2H3. The summed E-state index contributed by atoms with van der Waals surface area (Å²) in [6, 6.07) is 4.05. The van der Waals surface area contributed by atoms with E-state index in [1.165, 1.54) is 5.39 Å². The van der Waals surface area contributed by atoms with Crippen LogP contribution in [0.25, 0.3) is 11.0 Å². The zero-order valence-electron chi connectivity index (χ0n) is 7.99. The summed E-state index contributed by atoms with van der Waals surface area (Å²) in [5.41, 5.74) is 2.15. The van der Waals surface area contributed by atoms with E-state index in [0.717, 1.165) is 24.3 Å². The molecule has 3 nitrogen and oxygen atoms in total. The van der Waals surface area contributed by atoms with E-state index in [0.29, 0.717) is 0 Å². The Morgan fingerprint density at radius 2 is 2.23 bits per heavy atom. The van der Waals surface area contributed by atoms with Crippen molar-refractivity contribution in [3.8, 4) is 0 Å². The molecule has 3 heteroatoms. The first-order valence-corrected chi connectivity index (χ1v) is 4.67. The number of hydrogen-bond donors (Lipinski definition) is 0. The minimum absolute atomic E-state index is 0.882. The highest BCUT2D eigenvalue weighted by Gasteiger charge is 2.07. The zero-order valence-corrected chi connectivity index (χ0v) is 7.99. The molecule has 0 radical (unpaired) electrons. The fourth-order valence-electron chi connectivity index (χ4n) is 1.56. The van der Waals surface area contributed by atoms with Crippen molar-refractivity contribution in [2.75, 3.05) is 0 Å². The summed E-state index contributed by atoms with van der Waals surface area (Å²) >= 11 is 0. The van der Waals surface area contributed by atoms with Gasteiger partial charge in [0.2, 0.25) is 0 Å². The number of hydrogen-bond acceptors (Lipinski definition) is 2. The second kappa shape index (κ2) is 3.17. The third-order valence-electron chi connectivity index (χ3n) is 2.22. The van der Waals surface area contributed by atoms with Crippen molar-refractivity contribution in [1.82, 2.24) is 14.8 Å². The lowest BCUT2D eigenvalue weighted by Gasteiger charge is -1.94. The van der Waals surface area contributed by atoms with E-state index in [9.17, 15) is 0 Å². The van der Waals surface area contributed by atoms with Crippen LogP contribution in [0.2, 0.25) is 0 Å². The normalized spacial score (nSPS) is 10.9. The molecule has 0 spiro atoms. The largest absolute Gasteiger partial charge is 0.247 e. The Kier molecular flexibility index (Phi) is 2.00. The summed E-state index contributed by atoms with van der Waals surface area (Å²) in [6.45, 7) is 5.09. The molecule has 2 aromatic rings. The molecule has 0 N–H and O–H groups in total. The molecular weight excluding hydrogens is 162 g/mol. The molecule has 0 fully saturated rings. The molecule has 13 heavy (non-hydrogen) atoms. The summed E-state index contributed by atoms with van der Waals surface area (Å²) in [4.78, 5) is 4.32. The van der Waals surface area contributed by atoms with E-state index in [2.05, 4.69) is 30.0 Å². The van der Waals surface area contributed by atoms with Gasteiger partial charge in [0.05, 0.1) is 5.69 Å². The molecule has 0 aliphatic carbocycles. The van der Waals surface area contributed by atoms with Gasteiger partial charge in [0, 0.05) is 18.1 Å². The van der Waals surface area contributed by atoms with E-state index >= 15 is 0 Å². The van der Waals surface area contributed by atoms with E-state index in [1.54, 1.807) is 0 Å². The quantitative estimate of drug-likeness (QED) is 0.699. The Balaban J connectivity index is 2.74. The first-order chi connectivity index (χ1) is 6.36. The topological polar surface area (TPSA) is 30.7 Å². The van der Waals surface area contributed by atoms with Crippen molar-refractivity contribution in [2.45, 2.75) is 26.8 Å². The lowest BCUT2D eigenvalue weighted by Crippen LogP contribution is -1.97. The molecule has 0 aliphatic heterocycles.